The number of benzene rings is 1. The van der Waals surface area contributed by atoms with Crippen LogP contribution in [-0.4, -0.2) is 58.3 Å². The summed E-state index contributed by atoms with van der Waals surface area (Å²) in [4.78, 5) is 15.6. The minimum atomic E-state index is -5.08. The fraction of sp³-hybridized carbons (Fsp3) is 0.250. The lowest BCUT2D eigenvalue weighted by Crippen LogP contribution is -2.36. The van der Waals surface area contributed by atoms with E-state index in [0.29, 0.717) is 0 Å². The Bertz CT molecular complexity index is 972. The molecule has 3 heterocycles. The quantitative estimate of drug-likeness (QED) is 0.648. The van der Waals surface area contributed by atoms with Crippen molar-refractivity contribution >= 4 is 23.2 Å². The van der Waals surface area contributed by atoms with Gasteiger partial charge in [0.1, 0.15) is 5.82 Å². The highest BCUT2D eigenvalue weighted by Gasteiger charge is 2.38. The second-order valence-electron chi connectivity index (χ2n) is 6.42. The van der Waals surface area contributed by atoms with Gasteiger partial charge < -0.3 is 20.1 Å². The predicted molar refractivity (Wildman–Crippen MR) is 108 cm³/mol. The van der Waals surface area contributed by atoms with Gasteiger partial charge in [0.25, 0.3) is 0 Å². The summed E-state index contributed by atoms with van der Waals surface area (Å²) in [5.41, 5.74) is 3.21. The van der Waals surface area contributed by atoms with Gasteiger partial charge in [-0.1, -0.05) is 0 Å². The number of alkyl halides is 3. The van der Waals surface area contributed by atoms with Crippen LogP contribution in [0, 0.1) is 0 Å². The molecule has 1 fully saturated rings. The van der Waals surface area contributed by atoms with Gasteiger partial charge in [0.15, 0.2) is 0 Å². The van der Waals surface area contributed by atoms with Crippen molar-refractivity contribution in [2.45, 2.75) is 6.18 Å². The Hall–Kier alpha value is -3.60. The summed E-state index contributed by atoms with van der Waals surface area (Å²) in [6.07, 6.45) is 0.371. The minimum absolute atomic E-state index is 0.794. The van der Waals surface area contributed by atoms with Crippen LogP contribution in [0.2, 0.25) is 0 Å². The molecule has 4 rings (SSSR count). The lowest BCUT2D eigenvalue weighted by Gasteiger charge is -2.28. The lowest BCUT2D eigenvalue weighted by molar-refractivity contribution is -0.192. The Kier molecular flexibility index (Phi) is 7.08. The summed E-state index contributed by atoms with van der Waals surface area (Å²) in [6, 6.07) is 14.2. The average molecular weight is 435 g/mol. The minimum Gasteiger partial charge on any atom is -0.475 e. The zero-order valence-corrected chi connectivity index (χ0v) is 16.3. The highest BCUT2D eigenvalue weighted by atomic mass is 19.4. The number of carboxylic acid groups (broad SMARTS) is 1. The second-order valence-corrected chi connectivity index (χ2v) is 6.42. The Balaban J connectivity index is 0.000000339. The number of carbonyl (C=O) groups is 1. The van der Waals surface area contributed by atoms with Crippen molar-refractivity contribution in [1.82, 2.24) is 14.8 Å². The number of hydrogen-bond acceptors (Lipinski definition) is 6. The number of carboxylic acids is 1. The molecule has 1 aliphatic rings. The summed E-state index contributed by atoms with van der Waals surface area (Å²) < 4.78 is 38.9. The Morgan fingerprint density at radius 1 is 1.06 bits per heavy atom. The third kappa shape index (κ3) is 6.44. The highest BCUT2D eigenvalue weighted by Crippen LogP contribution is 2.22. The first-order valence-corrected chi connectivity index (χ1v) is 9.29. The SMILES string of the molecule is O=C(O)C(F)(F)F.c1cnn(-c2ccnc(Nc3ccc(N4CCOCC4)cc3)c2)c1. The van der Waals surface area contributed by atoms with Crippen LogP contribution < -0.4 is 10.2 Å². The summed E-state index contributed by atoms with van der Waals surface area (Å²) >= 11 is 0. The number of pyridine rings is 1. The van der Waals surface area contributed by atoms with Crippen molar-refractivity contribution < 1.29 is 27.8 Å². The molecular weight excluding hydrogens is 415 g/mol. The van der Waals surface area contributed by atoms with Crippen LogP contribution in [0.5, 0.6) is 0 Å². The van der Waals surface area contributed by atoms with Crippen LogP contribution in [0.4, 0.5) is 30.4 Å². The molecule has 1 aromatic carbocycles. The third-order valence-corrected chi connectivity index (χ3v) is 4.27. The zero-order chi connectivity index (χ0) is 22.3. The largest absolute Gasteiger partial charge is 0.490 e. The molecule has 0 saturated carbocycles. The van der Waals surface area contributed by atoms with Crippen molar-refractivity contribution in [1.29, 1.82) is 0 Å². The molecule has 0 atom stereocenters. The zero-order valence-electron chi connectivity index (χ0n) is 16.3. The van der Waals surface area contributed by atoms with Gasteiger partial charge in [-0.2, -0.15) is 18.3 Å². The molecule has 2 aromatic heterocycles. The van der Waals surface area contributed by atoms with Gasteiger partial charge in [0.2, 0.25) is 0 Å². The van der Waals surface area contributed by atoms with E-state index in [2.05, 4.69) is 44.6 Å². The van der Waals surface area contributed by atoms with Crippen LogP contribution in [0.15, 0.2) is 61.1 Å². The normalized spacial score (nSPS) is 13.8. The molecule has 0 spiro atoms. The van der Waals surface area contributed by atoms with E-state index in [-0.39, 0.29) is 0 Å². The molecule has 2 N–H and O–H groups in total. The van der Waals surface area contributed by atoms with Gasteiger partial charge in [0.05, 0.1) is 18.9 Å². The number of rotatable bonds is 4. The number of aromatic nitrogens is 3. The highest BCUT2D eigenvalue weighted by molar-refractivity contribution is 5.73. The molecule has 0 amide bonds. The summed E-state index contributed by atoms with van der Waals surface area (Å²) in [7, 11) is 0. The molecule has 31 heavy (non-hydrogen) atoms. The molecule has 0 radical (unpaired) electrons. The van der Waals surface area contributed by atoms with Gasteiger partial charge >= 0.3 is 12.1 Å². The van der Waals surface area contributed by atoms with E-state index in [1.54, 1.807) is 12.4 Å². The van der Waals surface area contributed by atoms with Crippen LogP contribution in [0.25, 0.3) is 5.69 Å². The molecule has 0 unspecified atom stereocenters. The number of nitrogens with one attached hydrogen (secondary N) is 1. The number of ether oxygens (including phenoxy) is 1. The summed E-state index contributed by atoms with van der Waals surface area (Å²) in [5.74, 6) is -1.96. The third-order valence-electron chi connectivity index (χ3n) is 4.27. The van der Waals surface area contributed by atoms with E-state index in [1.165, 1.54) is 5.69 Å². The molecule has 164 valence electrons. The van der Waals surface area contributed by atoms with E-state index in [9.17, 15) is 13.2 Å². The topological polar surface area (TPSA) is 92.5 Å². The van der Waals surface area contributed by atoms with Gasteiger partial charge in [-0.15, -0.1) is 0 Å². The van der Waals surface area contributed by atoms with E-state index >= 15 is 0 Å². The van der Waals surface area contributed by atoms with Crippen LogP contribution in [0.1, 0.15) is 0 Å². The fourth-order valence-electron chi connectivity index (χ4n) is 2.78. The molecule has 8 nitrogen and oxygen atoms in total. The van der Waals surface area contributed by atoms with Crippen LogP contribution >= 0.6 is 0 Å². The number of nitrogens with zero attached hydrogens (tertiary/aromatic N) is 4. The molecular formula is C20H20F3N5O3. The first-order chi connectivity index (χ1) is 14.8. The second kappa shape index (κ2) is 9.94. The predicted octanol–water partition coefficient (Wildman–Crippen LogP) is 3.48. The van der Waals surface area contributed by atoms with E-state index in [4.69, 9.17) is 14.6 Å². The van der Waals surface area contributed by atoms with Gasteiger partial charge in [0, 0.05) is 49.1 Å². The van der Waals surface area contributed by atoms with Crippen molar-refractivity contribution in [2.75, 3.05) is 36.5 Å². The standard InChI is InChI=1S/C18H19N5O.C2HF3O2/c1-7-20-23(9-1)17-6-8-19-18(14-17)21-15-2-4-16(5-3-15)22-10-12-24-13-11-22;3-2(4,5)1(6)7/h1-9,14H,10-13H2,(H,19,21);(H,6,7). The number of aliphatic carboxylic acids is 1. The lowest BCUT2D eigenvalue weighted by atomic mass is 10.2. The summed E-state index contributed by atoms with van der Waals surface area (Å²) in [6.45, 7) is 3.48. The maximum Gasteiger partial charge on any atom is 0.490 e. The fourth-order valence-corrected chi connectivity index (χ4v) is 2.78. The number of hydrogen-bond donors (Lipinski definition) is 2. The smallest absolute Gasteiger partial charge is 0.475 e. The van der Waals surface area contributed by atoms with Crippen molar-refractivity contribution in [3.8, 4) is 5.69 Å². The van der Waals surface area contributed by atoms with Gasteiger partial charge in [-0.3, -0.25) is 0 Å². The number of halogens is 3. The molecule has 1 aliphatic heterocycles. The Labute approximate surface area is 175 Å². The average Bonchev–Trinajstić information content (AvgIpc) is 3.30. The summed E-state index contributed by atoms with van der Waals surface area (Å²) in [5, 5.41) is 14.7. The maximum atomic E-state index is 10.6. The van der Waals surface area contributed by atoms with Crippen molar-refractivity contribution in [2.24, 2.45) is 0 Å². The molecule has 11 heteroatoms. The van der Waals surface area contributed by atoms with Crippen molar-refractivity contribution in [3.63, 3.8) is 0 Å². The van der Waals surface area contributed by atoms with E-state index < -0.39 is 12.1 Å². The van der Waals surface area contributed by atoms with Crippen LogP contribution in [0.3, 0.4) is 0 Å². The Morgan fingerprint density at radius 2 is 1.74 bits per heavy atom. The van der Waals surface area contributed by atoms with Crippen molar-refractivity contribution in [3.05, 3.63) is 61.1 Å². The van der Waals surface area contributed by atoms with Crippen LogP contribution in [-0.2, 0) is 9.53 Å². The Morgan fingerprint density at radius 3 is 2.32 bits per heavy atom. The molecule has 0 aliphatic carbocycles. The monoisotopic (exact) mass is 435 g/mol. The number of anilines is 3. The first kappa shape index (κ1) is 22.1. The van der Waals surface area contributed by atoms with Gasteiger partial charge in [-0.05, 0) is 36.4 Å². The molecule has 3 aromatic rings. The number of morpholine rings is 1. The molecule has 1 saturated heterocycles. The van der Waals surface area contributed by atoms with E-state index in [0.717, 1.165) is 43.5 Å². The van der Waals surface area contributed by atoms with Gasteiger partial charge in [-0.25, -0.2) is 14.5 Å². The maximum absolute atomic E-state index is 10.6. The first-order valence-electron chi connectivity index (χ1n) is 9.29. The van der Waals surface area contributed by atoms with E-state index in [1.807, 2.05) is 29.1 Å². The molecule has 0 bridgehead atoms.